The fraction of sp³-hybridized carbons (Fsp3) is 0.462. The fourth-order valence-electron chi connectivity index (χ4n) is 5.33. The highest BCUT2D eigenvalue weighted by molar-refractivity contribution is 5.99. The molecule has 1 unspecified atom stereocenters. The molecular formula is C26H32N4O3. The number of nitrogens with one attached hydrogen (secondary N) is 3. The van der Waals surface area contributed by atoms with E-state index in [-0.39, 0.29) is 24.0 Å². The van der Waals surface area contributed by atoms with Gasteiger partial charge in [0.05, 0.1) is 12.6 Å². The average Bonchev–Trinajstić information content (AvgIpc) is 3.11. The maximum Gasteiger partial charge on any atom is 0.319 e. The van der Waals surface area contributed by atoms with Crippen molar-refractivity contribution < 1.29 is 14.3 Å². The number of hydrogen-bond donors (Lipinski definition) is 3. The van der Waals surface area contributed by atoms with Gasteiger partial charge in [-0.25, -0.2) is 4.79 Å². The minimum absolute atomic E-state index is 0.0175. The molecule has 0 spiro atoms. The first kappa shape index (κ1) is 21.9. The number of anilines is 2. The summed E-state index contributed by atoms with van der Waals surface area (Å²) < 4.78 is 5.53. The van der Waals surface area contributed by atoms with E-state index in [0.29, 0.717) is 24.6 Å². The lowest BCUT2D eigenvalue weighted by atomic mass is 9.97. The molecule has 2 aromatic carbocycles. The number of hydrogen-bond acceptors (Lipinski definition) is 4. The molecule has 2 heterocycles. The third kappa shape index (κ3) is 5.20. The summed E-state index contributed by atoms with van der Waals surface area (Å²) in [7, 11) is 0. The van der Waals surface area contributed by atoms with Gasteiger partial charge in [-0.15, -0.1) is 0 Å². The van der Waals surface area contributed by atoms with Crippen LogP contribution >= 0.6 is 0 Å². The lowest BCUT2D eigenvalue weighted by molar-refractivity contribution is -0.121. The van der Waals surface area contributed by atoms with Crippen LogP contribution in [-0.4, -0.2) is 55.2 Å². The number of ether oxygens (including phenoxy) is 1. The van der Waals surface area contributed by atoms with E-state index in [2.05, 4.69) is 45.1 Å². The number of nitrogens with zero attached hydrogens (tertiary/aromatic N) is 1. The molecule has 2 fully saturated rings. The first-order valence-corrected chi connectivity index (χ1v) is 12.0. The smallest absolute Gasteiger partial charge is 0.319 e. The molecule has 7 nitrogen and oxygen atoms in total. The fourth-order valence-corrected chi connectivity index (χ4v) is 5.33. The van der Waals surface area contributed by atoms with Crippen molar-refractivity contribution in [2.45, 2.75) is 50.1 Å². The molecule has 5 rings (SSSR count). The third-order valence-electron chi connectivity index (χ3n) is 7.08. The summed E-state index contributed by atoms with van der Waals surface area (Å²) in [6, 6.07) is 16.1. The second-order valence-electron chi connectivity index (χ2n) is 9.30. The van der Waals surface area contributed by atoms with E-state index in [1.165, 1.54) is 5.56 Å². The van der Waals surface area contributed by atoms with Crippen molar-refractivity contribution >= 4 is 23.3 Å². The Kier molecular flexibility index (Phi) is 6.60. The summed E-state index contributed by atoms with van der Waals surface area (Å²) >= 11 is 0. The molecule has 0 aromatic heterocycles. The van der Waals surface area contributed by atoms with E-state index >= 15 is 0 Å². The zero-order valence-corrected chi connectivity index (χ0v) is 18.9. The minimum Gasteiger partial charge on any atom is -0.380 e. The average molecular weight is 449 g/mol. The Bertz CT molecular complexity index is 988. The van der Waals surface area contributed by atoms with Crippen molar-refractivity contribution in [2.24, 2.45) is 0 Å². The van der Waals surface area contributed by atoms with E-state index in [1.54, 1.807) is 0 Å². The molecule has 3 amide bonds. The van der Waals surface area contributed by atoms with Crippen LogP contribution in [0.5, 0.6) is 0 Å². The number of urea groups is 1. The molecule has 0 bridgehead atoms. The molecule has 1 saturated carbocycles. The maximum absolute atomic E-state index is 12.8. The van der Waals surface area contributed by atoms with Gasteiger partial charge in [-0.2, -0.15) is 0 Å². The van der Waals surface area contributed by atoms with Gasteiger partial charge in [-0.1, -0.05) is 36.4 Å². The van der Waals surface area contributed by atoms with Crippen LogP contribution in [0.2, 0.25) is 0 Å². The molecule has 3 aliphatic rings. The quantitative estimate of drug-likeness (QED) is 0.666. The summed E-state index contributed by atoms with van der Waals surface area (Å²) in [5.41, 5.74) is 3.91. The second kappa shape index (κ2) is 9.93. The maximum atomic E-state index is 12.8. The lowest BCUT2D eigenvalue weighted by Crippen LogP contribution is -2.48. The minimum atomic E-state index is -0.196. The number of amides is 3. The topological polar surface area (TPSA) is 82.7 Å². The molecule has 1 aliphatic carbocycles. The molecule has 174 valence electrons. The van der Waals surface area contributed by atoms with Crippen LogP contribution in [0.25, 0.3) is 0 Å². The Morgan fingerprint density at radius 2 is 1.94 bits per heavy atom. The molecule has 1 saturated heterocycles. The van der Waals surface area contributed by atoms with Crippen LogP contribution in [0.4, 0.5) is 16.2 Å². The zero-order chi connectivity index (χ0) is 22.6. The van der Waals surface area contributed by atoms with E-state index in [1.807, 2.05) is 24.3 Å². The number of rotatable bonds is 4. The standard InChI is InChI=1S/C26H32N4O3/c31-25-24(30-11-4-13-33-14-12-30)16-20-8-10-22(17-23(20)29-25)28-26(32)27-21-9-7-19(15-21)18-5-2-1-3-6-18/h1-3,5-6,8,10,17,19,21,24H,4,7,9,11-16H2,(H,29,31)(H2,27,28,32)/t19-,21+,24?/m0/s1. The van der Waals surface area contributed by atoms with Gasteiger partial charge in [0.25, 0.3) is 0 Å². The van der Waals surface area contributed by atoms with Crippen molar-refractivity contribution in [1.29, 1.82) is 0 Å². The van der Waals surface area contributed by atoms with Crippen LogP contribution in [0, 0.1) is 0 Å². The predicted octanol–water partition coefficient (Wildman–Crippen LogP) is 3.73. The summed E-state index contributed by atoms with van der Waals surface area (Å²) in [4.78, 5) is 27.6. The van der Waals surface area contributed by atoms with E-state index in [9.17, 15) is 9.59 Å². The highest BCUT2D eigenvalue weighted by Crippen LogP contribution is 2.34. The summed E-state index contributed by atoms with van der Waals surface area (Å²) in [5, 5.41) is 9.10. The van der Waals surface area contributed by atoms with Crippen molar-refractivity contribution in [2.75, 3.05) is 36.9 Å². The molecule has 3 N–H and O–H groups in total. The van der Waals surface area contributed by atoms with E-state index in [0.717, 1.165) is 56.6 Å². The van der Waals surface area contributed by atoms with E-state index in [4.69, 9.17) is 4.74 Å². The Hall–Kier alpha value is -2.90. The van der Waals surface area contributed by atoms with Crippen molar-refractivity contribution in [3.8, 4) is 0 Å². The Labute approximate surface area is 194 Å². The van der Waals surface area contributed by atoms with E-state index < -0.39 is 0 Å². The number of carbonyl (C=O) groups excluding carboxylic acids is 2. The second-order valence-corrected chi connectivity index (χ2v) is 9.30. The summed E-state index contributed by atoms with van der Waals surface area (Å²) in [5.74, 6) is 0.517. The normalized spacial score (nSPS) is 25.6. The number of fused-ring (bicyclic) bond motifs is 1. The SMILES string of the molecule is O=C(Nc1ccc2c(c1)NC(=O)C(N1CCCOCC1)C2)N[C@@H]1CC[C@H](c2ccccc2)C1. The molecule has 2 aliphatic heterocycles. The van der Waals surface area contributed by atoms with Crippen LogP contribution in [0.3, 0.4) is 0 Å². The largest absolute Gasteiger partial charge is 0.380 e. The Morgan fingerprint density at radius 1 is 1.06 bits per heavy atom. The lowest BCUT2D eigenvalue weighted by Gasteiger charge is -2.33. The molecular weight excluding hydrogens is 416 g/mol. The van der Waals surface area contributed by atoms with Crippen LogP contribution in [0.15, 0.2) is 48.5 Å². The van der Waals surface area contributed by atoms with Gasteiger partial charge in [0, 0.05) is 37.1 Å². The predicted molar refractivity (Wildman–Crippen MR) is 129 cm³/mol. The number of benzene rings is 2. The van der Waals surface area contributed by atoms with Gasteiger partial charge >= 0.3 is 6.03 Å². The van der Waals surface area contributed by atoms with Gasteiger partial charge in [0.15, 0.2) is 0 Å². The first-order chi connectivity index (χ1) is 16.2. The van der Waals surface area contributed by atoms with Gasteiger partial charge in [0.1, 0.15) is 0 Å². The molecule has 33 heavy (non-hydrogen) atoms. The molecule has 7 heteroatoms. The monoisotopic (exact) mass is 448 g/mol. The summed E-state index contributed by atoms with van der Waals surface area (Å²) in [6.07, 6.45) is 4.65. The highest BCUT2D eigenvalue weighted by Gasteiger charge is 2.32. The van der Waals surface area contributed by atoms with Crippen molar-refractivity contribution in [1.82, 2.24) is 10.2 Å². The van der Waals surface area contributed by atoms with Crippen molar-refractivity contribution in [3.63, 3.8) is 0 Å². The zero-order valence-electron chi connectivity index (χ0n) is 18.9. The highest BCUT2D eigenvalue weighted by atomic mass is 16.5. The van der Waals surface area contributed by atoms with Gasteiger partial charge in [-0.3, -0.25) is 9.69 Å². The van der Waals surface area contributed by atoms with Crippen LogP contribution < -0.4 is 16.0 Å². The Morgan fingerprint density at radius 3 is 2.82 bits per heavy atom. The molecule has 0 radical (unpaired) electrons. The van der Waals surface area contributed by atoms with Crippen LogP contribution in [0.1, 0.15) is 42.7 Å². The third-order valence-corrected chi connectivity index (χ3v) is 7.08. The van der Waals surface area contributed by atoms with Crippen LogP contribution in [-0.2, 0) is 16.0 Å². The Balaban J connectivity index is 1.17. The van der Waals surface area contributed by atoms with Gasteiger partial charge in [-0.05, 0) is 61.3 Å². The van der Waals surface area contributed by atoms with Crippen molar-refractivity contribution in [3.05, 3.63) is 59.7 Å². The molecule has 2 aromatic rings. The summed E-state index contributed by atoms with van der Waals surface area (Å²) in [6.45, 7) is 3.08. The van der Waals surface area contributed by atoms with Gasteiger partial charge < -0.3 is 20.7 Å². The first-order valence-electron chi connectivity index (χ1n) is 12.0. The number of carbonyl (C=O) groups is 2. The van der Waals surface area contributed by atoms with Gasteiger partial charge in [0.2, 0.25) is 5.91 Å². The molecule has 3 atom stereocenters.